The third-order valence-corrected chi connectivity index (χ3v) is 2.61. The summed E-state index contributed by atoms with van der Waals surface area (Å²) < 4.78 is 1.23. The second-order valence-electron chi connectivity index (χ2n) is 4.00. The molecule has 1 aromatic heterocycles. The molecule has 1 unspecified atom stereocenters. The van der Waals surface area contributed by atoms with E-state index in [0.717, 1.165) is 18.5 Å². The van der Waals surface area contributed by atoms with Gasteiger partial charge in [-0.3, -0.25) is 4.79 Å². The Morgan fingerprint density at radius 3 is 3.00 bits per heavy atom. The van der Waals surface area contributed by atoms with Crippen molar-refractivity contribution in [2.45, 2.75) is 38.3 Å². The van der Waals surface area contributed by atoms with Gasteiger partial charge in [0, 0.05) is 12.1 Å². The van der Waals surface area contributed by atoms with Gasteiger partial charge in [-0.2, -0.15) is 10.4 Å². The van der Waals surface area contributed by atoms with Crippen LogP contribution in [0.5, 0.6) is 0 Å². The predicted octanol–water partition coefficient (Wildman–Crippen LogP) is 1.29. The number of hydrogen-bond donors (Lipinski definition) is 1. The van der Waals surface area contributed by atoms with Gasteiger partial charge in [-0.1, -0.05) is 6.92 Å². The second-order valence-corrected chi connectivity index (χ2v) is 4.00. The summed E-state index contributed by atoms with van der Waals surface area (Å²) in [6.45, 7) is 1.86. The minimum atomic E-state index is -0.470. The molecule has 0 bridgehead atoms. The zero-order valence-electron chi connectivity index (χ0n) is 9.18. The van der Waals surface area contributed by atoms with Crippen LogP contribution in [-0.4, -0.2) is 15.8 Å². The molecule has 1 fully saturated rings. The maximum atomic E-state index is 11.7. The quantitative estimate of drug-likeness (QED) is 0.826. The summed E-state index contributed by atoms with van der Waals surface area (Å²) in [6.07, 6.45) is 4.50. The fourth-order valence-electron chi connectivity index (χ4n) is 1.51. The van der Waals surface area contributed by atoms with Gasteiger partial charge in [0.05, 0.1) is 18.0 Å². The molecular formula is C11H14N4O. The molecule has 1 N–H and O–H groups in total. The van der Waals surface area contributed by atoms with Crippen LogP contribution in [0.1, 0.15) is 32.2 Å². The van der Waals surface area contributed by atoms with Crippen molar-refractivity contribution in [2.75, 3.05) is 5.32 Å². The Morgan fingerprint density at radius 2 is 2.50 bits per heavy atom. The SMILES string of the molecule is CCC(C#N)n1ncc(NC2CC2)cc1=O. The van der Waals surface area contributed by atoms with Crippen molar-refractivity contribution < 1.29 is 0 Å². The van der Waals surface area contributed by atoms with Gasteiger partial charge in [-0.25, -0.2) is 4.68 Å². The van der Waals surface area contributed by atoms with Crippen LogP contribution in [0, 0.1) is 11.3 Å². The van der Waals surface area contributed by atoms with Crippen LogP contribution in [0.15, 0.2) is 17.1 Å². The molecule has 1 saturated carbocycles. The maximum Gasteiger partial charge on any atom is 0.270 e. The van der Waals surface area contributed by atoms with Crippen molar-refractivity contribution in [2.24, 2.45) is 0 Å². The van der Waals surface area contributed by atoms with E-state index in [1.807, 2.05) is 6.92 Å². The van der Waals surface area contributed by atoms with E-state index in [2.05, 4.69) is 16.5 Å². The lowest BCUT2D eigenvalue weighted by Crippen LogP contribution is -2.26. The minimum absolute atomic E-state index is 0.223. The summed E-state index contributed by atoms with van der Waals surface area (Å²) in [4.78, 5) is 11.7. The average Bonchev–Trinajstić information content (AvgIpc) is 3.06. The van der Waals surface area contributed by atoms with Gasteiger partial charge in [-0.05, 0) is 19.3 Å². The van der Waals surface area contributed by atoms with Crippen LogP contribution < -0.4 is 10.9 Å². The summed E-state index contributed by atoms with van der Waals surface area (Å²) in [5.74, 6) is 0. The van der Waals surface area contributed by atoms with Gasteiger partial charge < -0.3 is 5.32 Å². The largest absolute Gasteiger partial charge is 0.381 e. The molecule has 0 aromatic carbocycles. The molecule has 0 aliphatic heterocycles. The van der Waals surface area contributed by atoms with E-state index in [9.17, 15) is 4.79 Å². The van der Waals surface area contributed by atoms with E-state index in [4.69, 9.17) is 5.26 Å². The Kier molecular flexibility index (Phi) is 2.91. The summed E-state index contributed by atoms with van der Waals surface area (Å²) in [5.41, 5.74) is 0.524. The molecule has 1 aromatic rings. The molecule has 5 nitrogen and oxygen atoms in total. The van der Waals surface area contributed by atoms with Crippen molar-refractivity contribution >= 4 is 5.69 Å². The van der Waals surface area contributed by atoms with E-state index in [0.29, 0.717) is 12.5 Å². The zero-order chi connectivity index (χ0) is 11.5. The monoisotopic (exact) mass is 218 g/mol. The van der Waals surface area contributed by atoms with Crippen LogP contribution in [0.4, 0.5) is 5.69 Å². The molecule has 1 aliphatic carbocycles. The van der Waals surface area contributed by atoms with Crippen molar-refractivity contribution in [3.63, 3.8) is 0 Å². The lowest BCUT2D eigenvalue weighted by Gasteiger charge is -2.10. The molecular weight excluding hydrogens is 204 g/mol. The molecule has 16 heavy (non-hydrogen) atoms. The molecule has 0 saturated heterocycles. The van der Waals surface area contributed by atoms with Gasteiger partial charge in [0.15, 0.2) is 0 Å². The average molecular weight is 218 g/mol. The Bertz CT molecular complexity index is 470. The number of nitrogens with one attached hydrogen (secondary N) is 1. The van der Waals surface area contributed by atoms with E-state index >= 15 is 0 Å². The predicted molar refractivity (Wildman–Crippen MR) is 60.1 cm³/mol. The number of nitrogens with zero attached hydrogens (tertiary/aromatic N) is 3. The van der Waals surface area contributed by atoms with Gasteiger partial charge in [-0.15, -0.1) is 0 Å². The summed E-state index contributed by atoms with van der Waals surface area (Å²) >= 11 is 0. The van der Waals surface area contributed by atoms with Crippen molar-refractivity contribution in [1.29, 1.82) is 5.26 Å². The molecule has 0 spiro atoms. The summed E-state index contributed by atoms with van der Waals surface area (Å²) in [6, 6.07) is 3.59. The minimum Gasteiger partial charge on any atom is -0.381 e. The molecule has 0 radical (unpaired) electrons. The smallest absolute Gasteiger partial charge is 0.270 e. The highest BCUT2D eigenvalue weighted by Crippen LogP contribution is 2.23. The van der Waals surface area contributed by atoms with E-state index < -0.39 is 6.04 Å². The van der Waals surface area contributed by atoms with E-state index in [-0.39, 0.29) is 5.56 Å². The Hall–Kier alpha value is -1.83. The van der Waals surface area contributed by atoms with Crippen LogP contribution >= 0.6 is 0 Å². The number of aromatic nitrogens is 2. The van der Waals surface area contributed by atoms with Crippen LogP contribution in [0.25, 0.3) is 0 Å². The highest BCUT2D eigenvalue weighted by atomic mass is 16.1. The van der Waals surface area contributed by atoms with Crippen molar-refractivity contribution in [3.8, 4) is 6.07 Å². The molecule has 1 aliphatic rings. The molecule has 0 amide bonds. The first kappa shape index (κ1) is 10.7. The second kappa shape index (κ2) is 4.35. The number of nitriles is 1. The molecule has 1 heterocycles. The first-order chi connectivity index (χ1) is 7.74. The zero-order valence-corrected chi connectivity index (χ0v) is 9.18. The molecule has 1 atom stereocenters. The number of hydrogen-bond acceptors (Lipinski definition) is 4. The normalized spacial score (nSPS) is 16.5. The van der Waals surface area contributed by atoms with Gasteiger partial charge in [0.2, 0.25) is 0 Å². The first-order valence-corrected chi connectivity index (χ1v) is 5.49. The standard InChI is InChI=1S/C11H14N4O/c1-2-10(6-12)15-11(16)5-9(7-13-15)14-8-3-4-8/h5,7-8,10,14H,2-4H2,1H3. The molecule has 84 valence electrons. The van der Waals surface area contributed by atoms with Crippen LogP contribution in [0.2, 0.25) is 0 Å². The number of anilines is 1. The highest BCUT2D eigenvalue weighted by Gasteiger charge is 2.21. The first-order valence-electron chi connectivity index (χ1n) is 5.49. The summed E-state index contributed by atoms with van der Waals surface area (Å²) in [5, 5.41) is 16.1. The fourth-order valence-corrected chi connectivity index (χ4v) is 1.51. The molecule has 5 heteroatoms. The fraction of sp³-hybridized carbons (Fsp3) is 0.545. The van der Waals surface area contributed by atoms with Gasteiger partial charge in [0.25, 0.3) is 5.56 Å². The topological polar surface area (TPSA) is 70.7 Å². The lowest BCUT2D eigenvalue weighted by molar-refractivity contribution is 0.506. The highest BCUT2D eigenvalue weighted by molar-refractivity contribution is 5.41. The lowest BCUT2D eigenvalue weighted by atomic mass is 10.2. The third-order valence-electron chi connectivity index (χ3n) is 2.61. The van der Waals surface area contributed by atoms with Gasteiger partial charge >= 0.3 is 0 Å². The van der Waals surface area contributed by atoms with Crippen LogP contribution in [0.3, 0.4) is 0 Å². The molecule has 2 rings (SSSR count). The maximum absolute atomic E-state index is 11.7. The van der Waals surface area contributed by atoms with Crippen molar-refractivity contribution in [3.05, 3.63) is 22.6 Å². The Balaban J connectivity index is 2.22. The Labute approximate surface area is 93.7 Å². The number of rotatable bonds is 4. The summed E-state index contributed by atoms with van der Waals surface area (Å²) in [7, 11) is 0. The third kappa shape index (κ3) is 2.22. The van der Waals surface area contributed by atoms with Crippen molar-refractivity contribution in [1.82, 2.24) is 9.78 Å². The van der Waals surface area contributed by atoms with E-state index in [1.54, 1.807) is 6.20 Å². The van der Waals surface area contributed by atoms with Gasteiger partial charge in [0.1, 0.15) is 6.04 Å². The van der Waals surface area contributed by atoms with Crippen LogP contribution in [-0.2, 0) is 0 Å². The Morgan fingerprint density at radius 1 is 1.75 bits per heavy atom. The van der Waals surface area contributed by atoms with E-state index in [1.165, 1.54) is 10.7 Å².